The molecule has 0 radical (unpaired) electrons. The predicted octanol–water partition coefficient (Wildman–Crippen LogP) is -0.468. The van der Waals surface area contributed by atoms with Crippen molar-refractivity contribution in [3.8, 4) is 29.1 Å². The van der Waals surface area contributed by atoms with E-state index < -0.39 is 0 Å². The van der Waals surface area contributed by atoms with Gasteiger partial charge in [0.25, 0.3) is 0 Å². The topological polar surface area (TPSA) is 52.4 Å². The van der Waals surface area contributed by atoms with Gasteiger partial charge in [0.15, 0.2) is 17.5 Å². The van der Waals surface area contributed by atoms with Gasteiger partial charge in [-0.2, -0.15) is 0 Å². The third-order valence-electron chi connectivity index (χ3n) is 3.84. The van der Waals surface area contributed by atoms with E-state index in [1.807, 2.05) is 6.07 Å². The van der Waals surface area contributed by atoms with Gasteiger partial charge in [-0.25, -0.2) is 0 Å². The first-order chi connectivity index (χ1) is 9.76. The fraction of sp³-hybridized carbons (Fsp3) is 0.467. The number of fused-ring (bicyclic) bond motifs is 2. The molecule has 2 aliphatic rings. The Hall–Kier alpha value is -1.90. The lowest BCUT2D eigenvalue weighted by Crippen LogP contribution is -3.10. The summed E-state index contributed by atoms with van der Waals surface area (Å²) >= 11 is 0. The molecule has 0 aliphatic carbocycles. The smallest absolute Gasteiger partial charge is 0.231 e. The number of methoxy groups -OCH3 is 1. The molecular formula is C15H18NO4+. The van der Waals surface area contributed by atoms with E-state index in [0.29, 0.717) is 11.5 Å². The Balaban J connectivity index is 2.17. The second-order valence-electron chi connectivity index (χ2n) is 4.97. The molecule has 0 aromatic heterocycles. The number of ether oxygens (including phenoxy) is 3. The quantitative estimate of drug-likeness (QED) is 0.681. The van der Waals surface area contributed by atoms with Gasteiger partial charge < -0.3 is 24.2 Å². The fourth-order valence-corrected chi connectivity index (χ4v) is 2.87. The highest BCUT2D eigenvalue weighted by atomic mass is 16.7. The number of quaternary nitrogens is 1. The second-order valence-corrected chi connectivity index (χ2v) is 4.97. The summed E-state index contributed by atoms with van der Waals surface area (Å²) in [4.78, 5) is 1.29. The maximum Gasteiger partial charge on any atom is 0.231 e. The van der Waals surface area contributed by atoms with E-state index >= 15 is 0 Å². The van der Waals surface area contributed by atoms with Crippen LogP contribution in [0.25, 0.3) is 0 Å². The first-order valence-corrected chi connectivity index (χ1v) is 6.67. The molecule has 1 aromatic rings. The zero-order valence-electron chi connectivity index (χ0n) is 11.7. The van der Waals surface area contributed by atoms with Crippen molar-refractivity contribution in [2.24, 2.45) is 0 Å². The molecule has 106 valence electrons. The molecule has 2 heterocycles. The van der Waals surface area contributed by atoms with E-state index in [9.17, 15) is 0 Å². The van der Waals surface area contributed by atoms with Crippen molar-refractivity contribution in [3.05, 3.63) is 17.2 Å². The van der Waals surface area contributed by atoms with E-state index in [4.69, 9.17) is 19.3 Å². The Morgan fingerprint density at radius 1 is 1.50 bits per heavy atom. The van der Waals surface area contributed by atoms with Gasteiger partial charge >= 0.3 is 0 Å². The van der Waals surface area contributed by atoms with Crippen molar-refractivity contribution in [3.63, 3.8) is 0 Å². The number of likely N-dealkylation sites (N-methyl/N-ethyl adjacent to an activating group) is 1. The van der Waals surface area contributed by atoms with Crippen LogP contribution in [0.5, 0.6) is 17.2 Å². The lowest BCUT2D eigenvalue weighted by Gasteiger charge is -2.29. The molecule has 5 nitrogen and oxygen atoms in total. The van der Waals surface area contributed by atoms with Crippen molar-refractivity contribution < 1.29 is 24.2 Å². The van der Waals surface area contributed by atoms with Crippen molar-refractivity contribution in [2.75, 3.05) is 34.1 Å². The Morgan fingerprint density at radius 2 is 2.35 bits per heavy atom. The van der Waals surface area contributed by atoms with Gasteiger partial charge in [-0.15, -0.1) is 0 Å². The highest BCUT2D eigenvalue weighted by molar-refractivity contribution is 5.62. The summed E-state index contributed by atoms with van der Waals surface area (Å²) in [5, 5.41) is 8.95. The number of nitrogens with one attached hydrogen (secondary N) is 1. The Morgan fingerprint density at radius 3 is 3.10 bits per heavy atom. The van der Waals surface area contributed by atoms with Crippen molar-refractivity contribution in [1.82, 2.24) is 0 Å². The van der Waals surface area contributed by atoms with E-state index in [0.717, 1.165) is 24.3 Å². The largest absolute Gasteiger partial charge is 0.492 e. The third-order valence-corrected chi connectivity index (χ3v) is 3.84. The monoisotopic (exact) mass is 276 g/mol. The van der Waals surface area contributed by atoms with Crippen LogP contribution in [0.15, 0.2) is 6.07 Å². The highest BCUT2D eigenvalue weighted by Gasteiger charge is 2.35. The minimum absolute atomic E-state index is 0.0182. The van der Waals surface area contributed by atoms with Gasteiger partial charge in [-0.1, -0.05) is 5.92 Å². The minimum Gasteiger partial charge on any atom is -0.492 e. The molecule has 0 amide bonds. The zero-order valence-corrected chi connectivity index (χ0v) is 11.7. The molecule has 3 rings (SSSR count). The maximum atomic E-state index is 8.95. The number of benzene rings is 1. The summed E-state index contributed by atoms with van der Waals surface area (Å²) in [6, 6.07) is 2.01. The molecule has 2 N–H and O–H groups in total. The van der Waals surface area contributed by atoms with E-state index in [2.05, 4.69) is 18.9 Å². The molecule has 1 unspecified atom stereocenters. The Bertz CT molecular complexity index is 588. The van der Waals surface area contributed by atoms with Gasteiger partial charge in [-0.3, -0.25) is 0 Å². The summed E-state index contributed by atoms with van der Waals surface area (Å²) in [5.74, 6) is 8.02. The lowest BCUT2D eigenvalue weighted by molar-refractivity contribution is -0.905. The molecule has 0 spiro atoms. The number of aliphatic hydroxyl groups excluding tert-OH is 1. The van der Waals surface area contributed by atoms with Gasteiger partial charge in [-0.05, 0) is 17.6 Å². The Labute approximate surface area is 118 Å². The summed E-state index contributed by atoms with van der Waals surface area (Å²) in [6.45, 7) is 1.08. The van der Waals surface area contributed by atoms with Gasteiger partial charge in [0.1, 0.15) is 6.61 Å². The average molecular weight is 276 g/mol. The number of hydrogen-bond donors (Lipinski definition) is 2. The normalized spacial score (nSPS) is 22.8. The minimum atomic E-state index is -0.133. The van der Waals surface area contributed by atoms with Crippen molar-refractivity contribution in [1.29, 1.82) is 0 Å². The van der Waals surface area contributed by atoms with Crippen LogP contribution in [0.3, 0.4) is 0 Å². The van der Waals surface area contributed by atoms with Crippen LogP contribution in [0.2, 0.25) is 0 Å². The van der Waals surface area contributed by atoms with Crippen LogP contribution in [0.1, 0.15) is 17.2 Å². The summed E-state index contributed by atoms with van der Waals surface area (Å²) in [5.41, 5.74) is 2.25. The maximum absolute atomic E-state index is 8.95. The van der Waals surface area contributed by atoms with Crippen LogP contribution in [0, 0.1) is 11.8 Å². The van der Waals surface area contributed by atoms with E-state index in [-0.39, 0.29) is 19.4 Å². The fourth-order valence-electron chi connectivity index (χ4n) is 2.87. The summed E-state index contributed by atoms with van der Waals surface area (Å²) in [6.07, 6.45) is 0.950. The number of aliphatic hydroxyl groups is 1. The van der Waals surface area contributed by atoms with Crippen LogP contribution in [-0.2, 0) is 6.42 Å². The zero-order chi connectivity index (χ0) is 14.1. The van der Waals surface area contributed by atoms with Gasteiger partial charge in [0, 0.05) is 6.42 Å². The molecule has 2 aliphatic heterocycles. The molecule has 5 heteroatoms. The average Bonchev–Trinajstić information content (AvgIpc) is 2.92. The van der Waals surface area contributed by atoms with Gasteiger partial charge in [0.05, 0.1) is 26.3 Å². The second kappa shape index (κ2) is 5.23. The van der Waals surface area contributed by atoms with E-state index in [1.165, 1.54) is 10.5 Å². The molecule has 2 atom stereocenters. The Kier molecular flexibility index (Phi) is 3.43. The lowest BCUT2D eigenvalue weighted by atomic mass is 9.91. The van der Waals surface area contributed by atoms with Crippen LogP contribution in [0.4, 0.5) is 0 Å². The first kappa shape index (κ1) is 13.1. The van der Waals surface area contributed by atoms with E-state index in [1.54, 1.807) is 7.11 Å². The first-order valence-electron chi connectivity index (χ1n) is 6.67. The van der Waals surface area contributed by atoms with Crippen LogP contribution in [-0.4, -0.2) is 39.2 Å². The van der Waals surface area contributed by atoms with Crippen molar-refractivity contribution >= 4 is 0 Å². The molecule has 0 saturated carbocycles. The van der Waals surface area contributed by atoms with Crippen LogP contribution < -0.4 is 19.1 Å². The third kappa shape index (κ3) is 1.98. The SMILES string of the molecule is COc1c2c(cc3c1[C@H](C#CCO)[NH+](C)CC3)OCO2. The number of hydrogen-bond acceptors (Lipinski definition) is 4. The molecule has 0 fully saturated rings. The molecule has 0 saturated heterocycles. The predicted molar refractivity (Wildman–Crippen MR) is 72.2 cm³/mol. The highest BCUT2D eigenvalue weighted by Crippen LogP contribution is 2.47. The summed E-state index contributed by atoms with van der Waals surface area (Å²) < 4.78 is 16.6. The molecule has 20 heavy (non-hydrogen) atoms. The van der Waals surface area contributed by atoms with Crippen molar-refractivity contribution in [2.45, 2.75) is 12.5 Å². The number of rotatable bonds is 1. The molecule has 1 aromatic carbocycles. The molecular weight excluding hydrogens is 258 g/mol. The molecule has 0 bridgehead atoms. The van der Waals surface area contributed by atoms with Gasteiger partial charge in [0.2, 0.25) is 12.5 Å². The standard InChI is InChI=1S/C15H17NO4/c1-16-6-5-10-8-12-14(20-9-19-12)15(18-2)13(10)11(16)4-3-7-17/h8,11,17H,5-7,9H2,1-2H3/p+1/t11-/m0/s1. The van der Waals surface area contributed by atoms with Crippen LogP contribution >= 0.6 is 0 Å². The summed E-state index contributed by atoms with van der Waals surface area (Å²) in [7, 11) is 3.74.